The maximum absolute atomic E-state index is 13.3. The standard InChI is InChI=1S/C11H11FO3/c1-2-15-11-8(6-7-10(13)14)4-3-5-9(11)12/h3-7H,2H2,1H3,(H,13,14)/b7-6+. The number of hydrogen-bond donors (Lipinski definition) is 1. The van der Waals surface area contributed by atoms with E-state index in [-0.39, 0.29) is 5.75 Å². The third-order valence-electron chi connectivity index (χ3n) is 1.69. The number of carbonyl (C=O) groups is 1. The van der Waals surface area contributed by atoms with Gasteiger partial charge in [-0.1, -0.05) is 12.1 Å². The largest absolute Gasteiger partial charge is 0.490 e. The first-order chi connectivity index (χ1) is 7.15. The van der Waals surface area contributed by atoms with Crippen LogP contribution in [0, 0.1) is 5.82 Å². The Hall–Kier alpha value is -1.84. The molecule has 0 saturated heterocycles. The summed E-state index contributed by atoms with van der Waals surface area (Å²) in [4.78, 5) is 10.3. The first kappa shape index (κ1) is 11.2. The van der Waals surface area contributed by atoms with Crippen LogP contribution in [0.4, 0.5) is 4.39 Å². The lowest BCUT2D eigenvalue weighted by molar-refractivity contribution is -0.131. The number of carboxylic acid groups (broad SMARTS) is 1. The van der Waals surface area contributed by atoms with E-state index in [1.54, 1.807) is 13.0 Å². The van der Waals surface area contributed by atoms with E-state index in [4.69, 9.17) is 9.84 Å². The number of halogens is 1. The Balaban J connectivity index is 3.05. The summed E-state index contributed by atoms with van der Waals surface area (Å²) in [6.07, 6.45) is 2.24. The van der Waals surface area contributed by atoms with Crippen molar-refractivity contribution in [1.82, 2.24) is 0 Å². The zero-order valence-electron chi connectivity index (χ0n) is 8.24. The number of carboxylic acids is 1. The molecule has 1 rings (SSSR count). The Labute approximate surface area is 86.8 Å². The fourth-order valence-corrected chi connectivity index (χ4v) is 1.11. The van der Waals surface area contributed by atoms with Crippen LogP contribution in [0.1, 0.15) is 12.5 Å². The van der Waals surface area contributed by atoms with Gasteiger partial charge in [-0.25, -0.2) is 9.18 Å². The van der Waals surface area contributed by atoms with E-state index in [2.05, 4.69) is 0 Å². The van der Waals surface area contributed by atoms with Crippen LogP contribution >= 0.6 is 0 Å². The van der Waals surface area contributed by atoms with Crippen LogP contribution < -0.4 is 4.74 Å². The van der Waals surface area contributed by atoms with E-state index >= 15 is 0 Å². The molecule has 0 aliphatic carbocycles. The third-order valence-corrected chi connectivity index (χ3v) is 1.69. The average molecular weight is 210 g/mol. The average Bonchev–Trinajstić information content (AvgIpc) is 2.19. The molecule has 0 unspecified atom stereocenters. The number of aliphatic carboxylic acids is 1. The lowest BCUT2D eigenvalue weighted by Gasteiger charge is -2.07. The Bertz CT molecular complexity index is 385. The molecule has 0 amide bonds. The fraction of sp³-hybridized carbons (Fsp3) is 0.182. The highest BCUT2D eigenvalue weighted by molar-refractivity contribution is 5.85. The van der Waals surface area contributed by atoms with Gasteiger partial charge in [0.1, 0.15) is 0 Å². The van der Waals surface area contributed by atoms with Crippen molar-refractivity contribution < 1.29 is 19.0 Å². The van der Waals surface area contributed by atoms with Crippen molar-refractivity contribution in [2.24, 2.45) is 0 Å². The minimum Gasteiger partial charge on any atom is -0.490 e. The van der Waals surface area contributed by atoms with Gasteiger partial charge in [0.25, 0.3) is 0 Å². The first-order valence-corrected chi connectivity index (χ1v) is 4.47. The van der Waals surface area contributed by atoms with Crippen molar-refractivity contribution in [3.05, 3.63) is 35.7 Å². The van der Waals surface area contributed by atoms with Crippen LogP contribution in [0.15, 0.2) is 24.3 Å². The quantitative estimate of drug-likeness (QED) is 0.776. The molecule has 0 saturated carbocycles. The summed E-state index contributed by atoms with van der Waals surface area (Å²) >= 11 is 0. The molecule has 1 aromatic carbocycles. The molecule has 1 N–H and O–H groups in total. The van der Waals surface area contributed by atoms with E-state index in [9.17, 15) is 9.18 Å². The molecule has 80 valence electrons. The lowest BCUT2D eigenvalue weighted by atomic mass is 10.2. The molecular weight excluding hydrogens is 199 g/mol. The van der Waals surface area contributed by atoms with Gasteiger partial charge < -0.3 is 9.84 Å². The Morgan fingerprint density at radius 2 is 2.33 bits per heavy atom. The molecule has 0 atom stereocenters. The maximum Gasteiger partial charge on any atom is 0.328 e. The highest BCUT2D eigenvalue weighted by atomic mass is 19.1. The molecule has 0 aliphatic rings. The predicted molar refractivity (Wildman–Crippen MR) is 54.2 cm³/mol. The minimum absolute atomic E-state index is 0.0810. The zero-order chi connectivity index (χ0) is 11.3. The number of hydrogen-bond acceptors (Lipinski definition) is 2. The normalized spacial score (nSPS) is 10.5. The SMILES string of the molecule is CCOc1c(F)cccc1/C=C/C(=O)O. The van der Waals surface area contributed by atoms with Gasteiger partial charge in [0, 0.05) is 11.6 Å². The maximum atomic E-state index is 13.3. The number of rotatable bonds is 4. The van der Waals surface area contributed by atoms with Crippen LogP contribution in [0.25, 0.3) is 6.08 Å². The second kappa shape index (κ2) is 5.14. The number of benzene rings is 1. The Morgan fingerprint density at radius 3 is 2.93 bits per heavy atom. The Kier molecular flexibility index (Phi) is 3.85. The van der Waals surface area contributed by atoms with E-state index in [1.165, 1.54) is 18.2 Å². The minimum atomic E-state index is -1.08. The molecular formula is C11H11FO3. The molecule has 0 aromatic heterocycles. The molecule has 0 fully saturated rings. The van der Waals surface area contributed by atoms with Gasteiger partial charge in [-0.15, -0.1) is 0 Å². The van der Waals surface area contributed by atoms with Crippen molar-refractivity contribution in [3.8, 4) is 5.75 Å². The van der Waals surface area contributed by atoms with Crippen LogP contribution in [-0.2, 0) is 4.79 Å². The predicted octanol–water partition coefficient (Wildman–Crippen LogP) is 2.32. The van der Waals surface area contributed by atoms with Crippen molar-refractivity contribution in [2.45, 2.75) is 6.92 Å². The second-order valence-corrected chi connectivity index (χ2v) is 2.76. The lowest BCUT2D eigenvalue weighted by Crippen LogP contribution is -1.97. The highest BCUT2D eigenvalue weighted by Gasteiger charge is 2.06. The molecule has 0 radical (unpaired) electrons. The van der Waals surface area contributed by atoms with Gasteiger partial charge in [0.2, 0.25) is 0 Å². The van der Waals surface area contributed by atoms with E-state index in [1.807, 2.05) is 0 Å². The molecule has 0 aliphatic heterocycles. The number of para-hydroxylation sites is 1. The topological polar surface area (TPSA) is 46.5 Å². The van der Waals surface area contributed by atoms with E-state index < -0.39 is 11.8 Å². The van der Waals surface area contributed by atoms with Crippen molar-refractivity contribution in [2.75, 3.05) is 6.61 Å². The smallest absolute Gasteiger partial charge is 0.328 e. The molecule has 0 spiro atoms. The molecule has 15 heavy (non-hydrogen) atoms. The van der Waals surface area contributed by atoms with Gasteiger partial charge in [0.15, 0.2) is 11.6 Å². The summed E-state index contributed by atoms with van der Waals surface area (Å²) in [5, 5.41) is 8.44. The third kappa shape index (κ3) is 3.09. The monoisotopic (exact) mass is 210 g/mol. The van der Waals surface area contributed by atoms with Crippen LogP contribution in [-0.4, -0.2) is 17.7 Å². The molecule has 3 nitrogen and oxygen atoms in total. The Morgan fingerprint density at radius 1 is 1.60 bits per heavy atom. The zero-order valence-corrected chi connectivity index (χ0v) is 8.24. The van der Waals surface area contributed by atoms with Gasteiger partial charge >= 0.3 is 5.97 Å². The summed E-state index contributed by atoms with van der Waals surface area (Å²) in [6, 6.07) is 4.36. The van der Waals surface area contributed by atoms with Crippen molar-refractivity contribution >= 4 is 12.0 Å². The van der Waals surface area contributed by atoms with Gasteiger partial charge in [-0.05, 0) is 19.1 Å². The van der Waals surface area contributed by atoms with Crippen molar-refractivity contribution in [1.29, 1.82) is 0 Å². The first-order valence-electron chi connectivity index (χ1n) is 4.47. The fourth-order valence-electron chi connectivity index (χ4n) is 1.11. The molecule has 1 aromatic rings. The summed E-state index contributed by atoms with van der Waals surface area (Å²) in [6.45, 7) is 2.06. The highest BCUT2D eigenvalue weighted by Crippen LogP contribution is 2.23. The molecule has 4 heteroatoms. The molecule has 0 bridgehead atoms. The summed E-state index contributed by atoms with van der Waals surface area (Å²) in [5.74, 6) is -1.50. The van der Waals surface area contributed by atoms with Gasteiger partial charge in [-0.3, -0.25) is 0 Å². The van der Waals surface area contributed by atoms with Crippen LogP contribution in [0.3, 0.4) is 0 Å². The van der Waals surface area contributed by atoms with E-state index in [0.717, 1.165) is 6.08 Å². The van der Waals surface area contributed by atoms with Gasteiger partial charge in [0.05, 0.1) is 6.61 Å². The summed E-state index contributed by atoms with van der Waals surface area (Å²) in [7, 11) is 0. The second-order valence-electron chi connectivity index (χ2n) is 2.76. The van der Waals surface area contributed by atoms with Gasteiger partial charge in [-0.2, -0.15) is 0 Å². The number of ether oxygens (including phenoxy) is 1. The summed E-state index contributed by atoms with van der Waals surface area (Å²) < 4.78 is 18.3. The van der Waals surface area contributed by atoms with Crippen LogP contribution in [0.5, 0.6) is 5.75 Å². The molecule has 0 heterocycles. The summed E-state index contributed by atoms with van der Waals surface area (Å²) in [5.41, 5.74) is 0.416. The van der Waals surface area contributed by atoms with Crippen molar-refractivity contribution in [3.63, 3.8) is 0 Å². The van der Waals surface area contributed by atoms with Crippen LogP contribution in [0.2, 0.25) is 0 Å². The van der Waals surface area contributed by atoms with E-state index in [0.29, 0.717) is 12.2 Å².